The molecule has 1 atom stereocenters. The highest BCUT2D eigenvalue weighted by molar-refractivity contribution is 7.88. The number of amides is 2. The number of nitrogens with one attached hydrogen (secondary N) is 1. The molecule has 10 heteroatoms. The van der Waals surface area contributed by atoms with Gasteiger partial charge in [-0.25, -0.2) is 8.42 Å². The minimum absolute atomic E-state index is 0.0549. The summed E-state index contributed by atoms with van der Waals surface area (Å²) in [6, 6.07) is 15.4. The molecule has 192 valence electrons. The van der Waals surface area contributed by atoms with Crippen LogP contribution < -0.4 is 10.1 Å². The second kappa shape index (κ2) is 13.8. The maximum Gasteiger partial charge on any atom is 0.242 e. The van der Waals surface area contributed by atoms with Crippen molar-refractivity contribution in [3.8, 4) is 5.75 Å². The Bertz CT molecular complexity index is 1040. The Balaban J connectivity index is 2.24. The minimum Gasteiger partial charge on any atom is -0.497 e. The second-order valence-electron chi connectivity index (χ2n) is 8.20. The fourth-order valence-electron chi connectivity index (χ4n) is 3.41. The van der Waals surface area contributed by atoms with Gasteiger partial charge in [-0.3, -0.25) is 9.59 Å². The number of nitrogens with zero attached hydrogens (tertiary/aromatic N) is 2. The Hall–Kier alpha value is -2.95. The van der Waals surface area contributed by atoms with E-state index in [0.29, 0.717) is 25.3 Å². The SMILES string of the molecule is COCCCNC(=O)[C@@H](C)N(Cc1ccc(OC)cc1)C(=O)CN(Cc1ccccc1)S(C)(=O)=O. The van der Waals surface area contributed by atoms with Gasteiger partial charge in [-0.2, -0.15) is 4.31 Å². The molecule has 1 N–H and O–H groups in total. The number of sulfonamides is 1. The van der Waals surface area contributed by atoms with E-state index in [1.165, 1.54) is 4.90 Å². The third-order valence-corrected chi connectivity index (χ3v) is 6.68. The second-order valence-corrected chi connectivity index (χ2v) is 10.2. The van der Waals surface area contributed by atoms with Crippen LogP contribution in [-0.2, 0) is 37.4 Å². The summed E-state index contributed by atoms with van der Waals surface area (Å²) in [6.45, 7) is 2.36. The number of ether oxygens (including phenoxy) is 2. The highest BCUT2D eigenvalue weighted by atomic mass is 32.2. The van der Waals surface area contributed by atoms with Crippen molar-refractivity contribution in [1.82, 2.24) is 14.5 Å². The fraction of sp³-hybridized carbons (Fsp3) is 0.440. The minimum atomic E-state index is -3.69. The zero-order valence-corrected chi connectivity index (χ0v) is 21.6. The van der Waals surface area contributed by atoms with E-state index < -0.39 is 22.0 Å². The number of benzene rings is 2. The molecule has 0 aliphatic carbocycles. The number of carbonyl (C=O) groups is 2. The summed E-state index contributed by atoms with van der Waals surface area (Å²) in [4.78, 5) is 27.7. The Labute approximate surface area is 208 Å². The van der Waals surface area contributed by atoms with Crippen LogP contribution >= 0.6 is 0 Å². The molecule has 2 aromatic rings. The Kier molecular flexibility index (Phi) is 11.2. The van der Waals surface area contributed by atoms with Crippen molar-refractivity contribution in [2.75, 3.05) is 40.2 Å². The molecule has 0 heterocycles. The van der Waals surface area contributed by atoms with Gasteiger partial charge in [0.2, 0.25) is 21.8 Å². The summed E-state index contributed by atoms with van der Waals surface area (Å²) < 4.78 is 36.3. The Morgan fingerprint density at radius 3 is 2.17 bits per heavy atom. The summed E-state index contributed by atoms with van der Waals surface area (Å²) in [7, 11) is -0.536. The van der Waals surface area contributed by atoms with Gasteiger partial charge < -0.3 is 19.7 Å². The number of hydrogen-bond acceptors (Lipinski definition) is 6. The zero-order valence-electron chi connectivity index (χ0n) is 20.8. The molecular formula is C25H35N3O6S. The summed E-state index contributed by atoms with van der Waals surface area (Å²) in [6.07, 6.45) is 1.71. The third kappa shape index (κ3) is 9.31. The molecule has 0 saturated carbocycles. The van der Waals surface area contributed by atoms with Gasteiger partial charge in [0.15, 0.2) is 0 Å². The van der Waals surface area contributed by atoms with Crippen molar-refractivity contribution in [1.29, 1.82) is 0 Å². The maximum absolute atomic E-state index is 13.4. The topological polar surface area (TPSA) is 105 Å². The highest BCUT2D eigenvalue weighted by Crippen LogP contribution is 2.16. The summed E-state index contributed by atoms with van der Waals surface area (Å²) in [5.41, 5.74) is 1.54. The van der Waals surface area contributed by atoms with Gasteiger partial charge >= 0.3 is 0 Å². The summed E-state index contributed by atoms with van der Waals surface area (Å²) in [5.74, 6) is -0.125. The third-order valence-electron chi connectivity index (χ3n) is 5.49. The highest BCUT2D eigenvalue weighted by Gasteiger charge is 2.29. The molecule has 0 spiro atoms. The Morgan fingerprint density at radius 1 is 0.971 bits per heavy atom. The maximum atomic E-state index is 13.4. The van der Waals surface area contributed by atoms with E-state index in [1.54, 1.807) is 57.5 Å². The molecule has 2 aromatic carbocycles. The average Bonchev–Trinajstić information content (AvgIpc) is 2.84. The molecule has 0 aromatic heterocycles. The van der Waals surface area contributed by atoms with E-state index in [9.17, 15) is 18.0 Å². The standard InChI is InChI=1S/C25H35N3O6S/c1-20(25(30)26-15-8-16-33-2)28(18-22-11-13-23(34-3)14-12-22)24(29)19-27(35(4,31)32)17-21-9-6-5-7-10-21/h5-7,9-14,20H,8,15-19H2,1-4H3,(H,26,30)/t20-/m1/s1. The van der Waals surface area contributed by atoms with Crippen molar-refractivity contribution < 1.29 is 27.5 Å². The monoisotopic (exact) mass is 505 g/mol. The number of methoxy groups -OCH3 is 2. The van der Waals surface area contributed by atoms with Crippen LogP contribution in [0, 0.1) is 0 Å². The van der Waals surface area contributed by atoms with Crippen LogP contribution in [0.2, 0.25) is 0 Å². The molecule has 9 nitrogen and oxygen atoms in total. The molecular weight excluding hydrogens is 470 g/mol. The van der Waals surface area contributed by atoms with Crippen LogP contribution in [-0.4, -0.2) is 75.7 Å². The quantitative estimate of drug-likeness (QED) is 0.394. The van der Waals surface area contributed by atoms with E-state index in [0.717, 1.165) is 21.7 Å². The molecule has 2 rings (SSSR count). The van der Waals surface area contributed by atoms with E-state index in [1.807, 2.05) is 18.2 Å². The first-order chi connectivity index (χ1) is 16.7. The van der Waals surface area contributed by atoms with Crippen LogP contribution in [0.15, 0.2) is 54.6 Å². The molecule has 0 aliphatic rings. The predicted molar refractivity (Wildman–Crippen MR) is 134 cm³/mol. The normalized spacial score (nSPS) is 12.3. The van der Waals surface area contributed by atoms with E-state index in [4.69, 9.17) is 9.47 Å². The molecule has 0 bridgehead atoms. The summed E-state index contributed by atoms with van der Waals surface area (Å²) in [5, 5.41) is 2.82. The zero-order chi connectivity index (χ0) is 25.8. The van der Waals surface area contributed by atoms with Crippen molar-refractivity contribution in [2.24, 2.45) is 0 Å². The molecule has 0 aliphatic heterocycles. The van der Waals surface area contributed by atoms with Gasteiger partial charge in [0.05, 0.1) is 19.9 Å². The lowest BCUT2D eigenvalue weighted by molar-refractivity contribution is -0.140. The van der Waals surface area contributed by atoms with Crippen LogP contribution in [0.1, 0.15) is 24.5 Å². The van der Waals surface area contributed by atoms with E-state index in [2.05, 4.69) is 5.32 Å². The van der Waals surface area contributed by atoms with Crippen LogP contribution in [0.5, 0.6) is 5.75 Å². The van der Waals surface area contributed by atoms with E-state index in [-0.39, 0.29) is 25.5 Å². The lowest BCUT2D eigenvalue weighted by atomic mass is 10.1. The van der Waals surface area contributed by atoms with Crippen LogP contribution in [0.3, 0.4) is 0 Å². The van der Waals surface area contributed by atoms with Gasteiger partial charge in [0.1, 0.15) is 11.8 Å². The van der Waals surface area contributed by atoms with Crippen molar-refractivity contribution >= 4 is 21.8 Å². The van der Waals surface area contributed by atoms with Gasteiger partial charge in [-0.05, 0) is 36.6 Å². The average molecular weight is 506 g/mol. The van der Waals surface area contributed by atoms with Gasteiger partial charge in [-0.15, -0.1) is 0 Å². The van der Waals surface area contributed by atoms with Crippen molar-refractivity contribution in [3.63, 3.8) is 0 Å². The number of carbonyl (C=O) groups excluding carboxylic acids is 2. The van der Waals surface area contributed by atoms with Crippen LogP contribution in [0.25, 0.3) is 0 Å². The molecule has 2 amide bonds. The van der Waals surface area contributed by atoms with E-state index >= 15 is 0 Å². The van der Waals surface area contributed by atoms with Gasteiger partial charge in [0, 0.05) is 33.4 Å². The molecule has 35 heavy (non-hydrogen) atoms. The number of hydrogen-bond donors (Lipinski definition) is 1. The first-order valence-corrected chi connectivity index (χ1v) is 13.2. The van der Waals surface area contributed by atoms with Crippen LogP contribution in [0.4, 0.5) is 0 Å². The largest absolute Gasteiger partial charge is 0.497 e. The van der Waals surface area contributed by atoms with Gasteiger partial charge in [-0.1, -0.05) is 42.5 Å². The van der Waals surface area contributed by atoms with Crippen molar-refractivity contribution in [2.45, 2.75) is 32.5 Å². The summed E-state index contributed by atoms with van der Waals surface area (Å²) >= 11 is 0. The lowest BCUT2D eigenvalue weighted by Gasteiger charge is -2.31. The Morgan fingerprint density at radius 2 is 1.60 bits per heavy atom. The first-order valence-electron chi connectivity index (χ1n) is 11.3. The number of rotatable bonds is 14. The molecule has 0 radical (unpaired) electrons. The molecule has 0 unspecified atom stereocenters. The smallest absolute Gasteiger partial charge is 0.242 e. The molecule has 0 saturated heterocycles. The lowest BCUT2D eigenvalue weighted by Crippen LogP contribution is -2.51. The first kappa shape index (κ1) is 28.3. The fourth-order valence-corrected chi connectivity index (χ4v) is 4.13. The van der Waals surface area contributed by atoms with Gasteiger partial charge in [0.25, 0.3) is 0 Å². The predicted octanol–water partition coefficient (Wildman–Crippen LogP) is 2.03. The molecule has 0 fully saturated rings. The van der Waals surface area contributed by atoms with Crippen molar-refractivity contribution in [3.05, 3.63) is 65.7 Å².